The minimum Gasteiger partial charge on any atom is -0.340 e. The maximum absolute atomic E-state index is 12.0. The van der Waals surface area contributed by atoms with Crippen molar-refractivity contribution in [1.82, 2.24) is 9.88 Å². The van der Waals surface area contributed by atoms with E-state index < -0.39 is 0 Å². The summed E-state index contributed by atoms with van der Waals surface area (Å²) in [5.41, 5.74) is 0.935. The number of rotatable bonds is 5. The second-order valence-corrected chi connectivity index (χ2v) is 4.03. The molecule has 0 N–H and O–H groups in total. The van der Waals surface area contributed by atoms with Crippen LogP contribution in [0.25, 0.3) is 0 Å². The number of nitrogens with zero attached hydrogens (tertiary/aromatic N) is 2. The molecule has 0 saturated carbocycles. The lowest BCUT2D eigenvalue weighted by Crippen LogP contribution is -2.32. The molecule has 0 fully saturated rings. The molecule has 1 amide bonds. The van der Waals surface area contributed by atoms with Crippen molar-refractivity contribution in [3.63, 3.8) is 0 Å². The van der Waals surface area contributed by atoms with Crippen LogP contribution >= 0.6 is 0 Å². The third-order valence-electron chi connectivity index (χ3n) is 2.84. The van der Waals surface area contributed by atoms with Gasteiger partial charge in [0.25, 0.3) is 0 Å². The van der Waals surface area contributed by atoms with Gasteiger partial charge in [0.15, 0.2) is 0 Å². The Morgan fingerprint density at radius 1 is 1.38 bits per heavy atom. The molecule has 0 aromatic carbocycles. The highest BCUT2D eigenvalue weighted by atomic mass is 16.2. The maximum Gasteiger partial charge on any atom is 0.225 e. The fourth-order valence-electron chi connectivity index (χ4n) is 1.76. The summed E-state index contributed by atoms with van der Waals surface area (Å²) in [5, 5.41) is 0. The molecule has 0 bridgehead atoms. The molecule has 1 aromatic rings. The highest BCUT2D eigenvalue weighted by Gasteiger charge is 2.18. The Kier molecular flexibility index (Phi) is 4.96. The first-order valence-electron chi connectivity index (χ1n) is 5.83. The van der Waals surface area contributed by atoms with Gasteiger partial charge >= 0.3 is 0 Å². The van der Waals surface area contributed by atoms with Gasteiger partial charge in [-0.05, 0) is 25.0 Å². The first-order chi connectivity index (χ1) is 7.69. The van der Waals surface area contributed by atoms with Gasteiger partial charge in [-0.2, -0.15) is 0 Å². The van der Waals surface area contributed by atoms with Gasteiger partial charge in [0.2, 0.25) is 5.91 Å². The van der Waals surface area contributed by atoms with Crippen LogP contribution in [0.2, 0.25) is 0 Å². The lowest BCUT2D eigenvalue weighted by atomic mass is 10.0. The van der Waals surface area contributed by atoms with Crippen molar-refractivity contribution in [3.05, 3.63) is 30.1 Å². The lowest BCUT2D eigenvalue weighted by Gasteiger charge is -2.21. The molecule has 0 saturated heterocycles. The van der Waals surface area contributed by atoms with E-state index in [1.165, 1.54) is 0 Å². The smallest absolute Gasteiger partial charge is 0.225 e. The van der Waals surface area contributed by atoms with E-state index in [9.17, 15) is 4.79 Å². The Balaban J connectivity index is 2.58. The standard InChI is InChI=1S/C13H20N2O/c1-4-11(5-2)13(16)15(3)10-12-8-6-7-9-14-12/h6-9,11H,4-5,10H2,1-3H3. The monoisotopic (exact) mass is 220 g/mol. The van der Waals surface area contributed by atoms with Gasteiger partial charge in [0.1, 0.15) is 0 Å². The Labute approximate surface area is 97.5 Å². The lowest BCUT2D eigenvalue weighted by molar-refractivity contribution is -0.135. The second-order valence-electron chi connectivity index (χ2n) is 4.03. The quantitative estimate of drug-likeness (QED) is 0.763. The minimum absolute atomic E-state index is 0.147. The molecular weight excluding hydrogens is 200 g/mol. The fourth-order valence-corrected chi connectivity index (χ4v) is 1.76. The van der Waals surface area contributed by atoms with Crippen LogP contribution in [-0.2, 0) is 11.3 Å². The number of carbonyl (C=O) groups is 1. The Hall–Kier alpha value is -1.38. The molecule has 0 aliphatic rings. The van der Waals surface area contributed by atoms with Gasteiger partial charge in [-0.15, -0.1) is 0 Å². The molecule has 3 heteroatoms. The molecule has 3 nitrogen and oxygen atoms in total. The van der Waals surface area contributed by atoms with E-state index in [0.717, 1.165) is 18.5 Å². The summed E-state index contributed by atoms with van der Waals surface area (Å²) in [6, 6.07) is 5.76. The summed E-state index contributed by atoms with van der Waals surface area (Å²) in [6.07, 6.45) is 3.56. The van der Waals surface area contributed by atoms with Crippen LogP contribution < -0.4 is 0 Å². The number of aromatic nitrogens is 1. The van der Waals surface area contributed by atoms with Gasteiger partial charge in [0.05, 0.1) is 12.2 Å². The van der Waals surface area contributed by atoms with Crippen molar-refractivity contribution in [2.24, 2.45) is 5.92 Å². The van der Waals surface area contributed by atoms with Crippen LogP contribution in [0.4, 0.5) is 0 Å². The molecule has 16 heavy (non-hydrogen) atoms. The van der Waals surface area contributed by atoms with Gasteiger partial charge < -0.3 is 4.90 Å². The largest absolute Gasteiger partial charge is 0.340 e. The van der Waals surface area contributed by atoms with Crippen molar-refractivity contribution in [2.45, 2.75) is 33.2 Å². The fraction of sp³-hybridized carbons (Fsp3) is 0.538. The molecular formula is C13H20N2O. The molecule has 0 aliphatic heterocycles. The van der Waals surface area contributed by atoms with E-state index in [1.807, 2.05) is 25.2 Å². The zero-order chi connectivity index (χ0) is 12.0. The highest BCUT2D eigenvalue weighted by Crippen LogP contribution is 2.12. The predicted molar refractivity (Wildman–Crippen MR) is 64.8 cm³/mol. The summed E-state index contributed by atoms with van der Waals surface area (Å²) in [7, 11) is 1.84. The van der Waals surface area contributed by atoms with Crippen LogP contribution in [0, 0.1) is 5.92 Å². The van der Waals surface area contributed by atoms with E-state index in [0.29, 0.717) is 6.54 Å². The van der Waals surface area contributed by atoms with E-state index in [1.54, 1.807) is 11.1 Å². The summed E-state index contributed by atoms with van der Waals surface area (Å²) in [4.78, 5) is 18.0. The summed E-state index contributed by atoms with van der Waals surface area (Å²) < 4.78 is 0. The number of hydrogen-bond acceptors (Lipinski definition) is 2. The van der Waals surface area contributed by atoms with Gasteiger partial charge in [-0.1, -0.05) is 19.9 Å². The molecule has 0 aliphatic carbocycles. The van der Waals surface area contributed by atoms with Crippen LogP contribution in [-0.4, -0.2) is 22.8 Å². The Morgan fingerprint density at radius 2 is 2.06 bits per heavy atom. The average molecular weight is 220 g/mol. The molecule has 88 valence electrons. The average Bonchev–Trinajstić information content (AvgIpc) is 2.31. The third-order valence-corrected chi connectivity index (χ3v) is 2.84. The number of amides is 1. The molecule has 0 radical (unpaired) electrons. The summed E-state index contributed by atoms with van der Waals surface area (Å²) in [6.45, 7) is 4.71. The predicted octanol–water partition coefficient (Wildman–Crippen LogP) is 2.48. The normalized spacial score (nSPS) is 10.5. The zero-order valence-electron chi connectivity index (χ0n) is 10.3. The van der Waals surface area contributed by atoms with Crippen molar-refractivity contribution in [1.29, 1.82) is 0 Å². The van der Waals surface area contributed by atoms with Crippen molar-refractivity contribution >= 4 is 5.91 Å². The van der Waals surface area contributed by atoms with Crippen LogP contribution in [0.15, 0.2) is 24.4 Å². The van der Waals surface area contributed by atoms with Crippen LogP contribution in [0.5, 0.6) is 0 Å². The molecule has 0 atom stereocenters. The van der Waals surface area contributed by atoms with Gasteiger partial charge in [-0.25, -0.2) is 0 Å². The Morgan fingerprint density at radius 3 is 2.56 bits per heavy atom. The van der Waals surface area contributed by atoms with Crippen molar-refractivity contribution in [2.75, 3.05) is 7.05 Å². The minimum atomic E-state index is 0.147. The first-order valence-corrected chi connectivity index (χ1v) is 5.83. The number of pyridine rings is 1. The second kappa shape index (κ2) is 6.26. The maximum atomic E-state index is 12.0. The van der Waals surface area contributed by atoms with E-state index in [-0.39, 0.29) is 11.8 Å². The first kappa shape index (κ1) is 12.7. The Bertz CT molecular complexity index is 320. The number of carbonyl (C=O) groups excluding carboxylic acids is 1. The molecule has 0 spiro atoms. The van der Waals surface area contributed by atoms with E-state index >= 15 is 0 Å². The summed E-state index contributed by atoms with van der Waals surface area (Å²) in [5.74, 6) is 0.365. The van der Waals surface area contributed by atoms with Crippen molar-refractivity contribution in [3.8, 4) is 0 Å². The molecule has 0 unspecified atom stereocenters. The topological polar surface area (TPSA) is 33.2 Å². The third kappa shape index (κ3) is 3.33. The van der Waals surface area contributed by atoms with Crippen molar-refractivity contribution < 1.29 is 4.79 Å². The highest BCUT2D eigenvalue weighted by molar-refractivity contribution is 5.78. The summed E-state index contributed by atoms with van der Waals surface area (Å²) >= 11 is 0. The zero-order valence-corrected chi connectivity index (χ0v) is 10.3. The van der Waals surface area contributed by atoms with Crippen LogP contribution in [0.1, 0.15) is 32.4 Å². The molecule has 1 heterocycles. The molecule has 1 aromatic heterocycles. The SMILES string of the molecule is CCC(CC)C(=O)N(C)Cc1ccccn1. The van der Waals surface area contributed by atoms with Gasteiger partial charge in [0, 0.05) is 19.2 Å². The van der Waals surface area contributed by atoms with E-state index in [4.69, 9.17) is 0 Å². The van der Waals surface area contributed by atoms with Crippen LogP contribution in [0.3, 0.4) is 0 Å². The number of hydrogen-bond donors (Lipinski definition) is 0. The molecule has 1 rings (SSSR count). The van der Waals surface area contributed by atoms with E-state index in [2.05, 4.69) is 18.8 Å². The van der Waals surface area contributed by atoms with Gasteiger partial charge in [-0.3, -0.25) is 9.78 Å².